The van der Waals surface area contributed by atoms with Gasteiger partial charge in [0.15, 0.2) is 6.61 Å². The van der Waals surface area contributed by atoms with Crippen molar-refractivity contribution in [2.45, 2.75) is 64.3 Å². The van der Waals surface area contributed by atoms with Crippen LogP contribution in [-0.2, 0) is 19.6 Å². The molecule has 0 atom stereocenters. The number of esters is 1. The number of hydrogen-bond acceptors (Lipinski definition) is 5. The van der Waals surface area contributed by atoms with Crippen LogP contribution in [0.4, 0.5) is 5.69 Å². The van der Waals surface area contributed by atoms with Gasteiger partial charge in [-0.2, -0.15) is 0 Å². The monoisotopic (exact) mass is 460 g/mol. The Morgan fingerprint density at radius 2 is 1.47 bits per heavy atom. The molecule has 7 nitrogen and oxygen atoms in total. The Morgan fingerprint density at radius 1 is 0.906 bits per heavy atom. The molecule has 0 aliphatic heterocycles. The van der Waals surface area contributed by atoms with Crippen molar-refractivity contribution in [1.29, 1.82) is 0 Å². The van der Waals surface area contributed by atoms with Crippen LogP contribution in [0.3, 0.4) is 0 Å². The van der Waals surface area contributed by atoms with Gasteiger partial charge in [-0.05, 0) is 55.0 Å². The fourth-order valence-electron chi connectivity index (χ4n) is 3.25. The Kier molecular flexibility index (Phi) is 8.58. The second-order valence-corrected chi connectivity index (χ2v) is 10.3. The predicted octanol–water partition coefficient (Wildman–Crippen LogP) is 4.42. The molecule has 8 heteroatoms. The minimum atomic E-state index is -3.75. The summed E-state index contributed by atoms with van der Waals surface area (Å²) in [4.78, 5) is 24.9. The van der Waals surface area contributed by atoms with Crippen LogP contribution in [0.2, 0.25) is 0 Å². The van der Waals surface area contributed by atoms with Gasteiger partial charge in [0.25, 0.3) is 5.91 Å². The van der Waals surface area contributed by atoms with Gasteiger partial charge in [0.05, 0.1) is 10.5 Å². The molecule has 174 valence electrons. The number of carbonyl (C=O) groups is 2. The molecule has 0 aliphatic rings. The molecule has 0 unspecified atom stereocenters. The van der Waals surface area contributed by atoms with E-state index in [0.29, 0.717) is 0 Å². The molecule has 0 aromatic heterocycles. The van der Waals surface area contributed by atoms with E-state index in [9.17, 15) is 18.0 Å². The smallest absolute Gasteiger partial charge is 0.338 e. The summed E-state index contributed by atoms with van der Waals surface area (Å²) in [6, 6.07) is 11.1. The third-order valence-corrected chi connectivity index (χ3v) is 6.40. The highest BCUT2D eigenvalue weighted by molar-refractivity contribution is 7.89. The lowest BCUT2D eigenvalue weighted by Crippen LogP contribution is -2.30. The summed E-state index contributed by atoms with van der Waals surface area (Å²) < 4.78 is 32.3. The van der Waals surface area contributed by atoms with Crippen molar-refractivity contribution >= 4 is 27.6 Å². The van der Waals surface area contributed by atoms with Crippen molar-refractivity contribution in [2.75, 3.05) is 11.9 Å². The van der Waals surface area contributed by atoms with E-state index in [2.05, 4.69) is 10.0 Å². The van der Waals surface area contributed by atoms with Crippen molar-refractivity contribution in [1.82, 2.24) is 4.72 Å². The number of sulfonamides is 1. The number of rotatable bonds is 9. The maximum atomic E-state index is 12.6. The van der Waals surface area contributed by atoms with Crippen LogP contribution in [0.25, 0.3) is 0 Å². The molecule has 2 rings (SSSR count). The van der Waals surface area contributed by atoms with Gasteiger partial charge in [-0.1, -0.05) is 52.0 Å². The first-order chi connectivity index (χ1) is 14.9. The molecule has 0 spiro atoms. The van der Waals surface area contributed by atoms with Crippen LogP contribution < -0.4 is 10.0 Å². The molecule has 0 bridgehead atoms. The summed E-state index contributed by atoms with van der Waals surface area (Å²) in [6.45, 7) is 11.1. The average molecular weight is 461 g/mol. The highest BCUT2D eigenvalue weighted by Crippen LogP contribution is 2.32. The van der Waals surface area contributed by atoms with E-state index in [1.54, 1.807) is 13.8 Å². The lowest BCUT2D eigenvalue weighted by Gasteiger charge is -2.20. The van der Waals surface area contributed by atoms with E-state index in [4.69, 9.17) is 4.74 Å². The molecule has 2 N–H and O–H groups in total. The quantitative estimate of drug-likeness (QED) is 0.540. The highest BCUT2D eigenvalue weighted by Gasteiger charge is 2.20. The Hall–Kier alpha value is -2.71. The topological polar surface area (TPSA) is 102 Å². The molecule has 0 saturated heterocycles. The summed E-state index contributed by atoms with van der Waals surface area (Å²) in [5.74, 6) is -0.826. The molecule has 0 saturated carbocycles. The second-order valence-electron chi connectivity index (χ2n) is 8.55. The third kappa shape index (κ3) is 6.64. The van der Waals surface area contributed by atoms with Crippen molar-refractivity contribution in [3.05, 3.63) is 59.2 Å². The fourth-order valence-corrected chi connectivity index (χ4v) is 4.55. The standard InChI is InChI=1S/C24H32N2O5S/c1-15(2)20-11-8-12-21(16(3)4)23(20)25-22(27)14-31-24(28)18-9-7-10-19(13-18)32(29,30)26-17(5)6/h7-13,15-17,26H,14H2,1-6H3,(H,25,27). The van der Waals surface area contributed by atoms with E-state index in [1.165, 1.54) is 24.3 Å². The van der Waals surface area contributed by atoms with E-state index >= 15 is 0 Å². The van der Waals surface area contributed by atoms with Crippen LogP contribution in [0.15, 0.2) is 47.4 Å². The van der Waals surface area contributed by atoms with Crippen LogP contribution in [0, 0.1) is 0 Å². The second kappa shape index (κ2) is 10.7. The summed E-state index contributed by atoms with van der Waals surface area (Å²) in [5.41, 5.74) is 2.80. The molecule has 0 radical (unpaired) electrons. The number of benzene rings is 2. The Labute approximate surface area is 190 Å². The van der Waals surface area contributed by atoms with Gasteiger partial charge in [0, 0.05) is 11.7 Å². The van der Waals surface area contributed by atoms with Gasteiger partial charge in [-0.25, -0.2) is 17.9 Å². The predicted molar refractivity (Wildman–Crippen MR) is 125 cm³/mol. The summed E-state index contributed by atoms with van der Waals surface area (Å²) in [7, 11) is -3.75. The van der Waals surface area contributed by atoms with E-state index in [-0.39, 0.29) is 28.3 Å². The minimum Gasteiger partial charge on any atom is -0.452 e. The first-order valence-corrected chi connectivity index (χ1v) is 12.1. The summed E-state index contributed by atoms with van der Waals surface area (Å²) >= 11 is 0. The number of ether oxygens (including phenoxy) is 1. The van der Waals surface area contributed by atoms with Crippen molar-refractivity contribution < 1.29 is 22.7 Å². The molecule has 1 amide bonds. The van der Waals surface area contributed by atoms with E-state index in [0.717, 1.165) is 16.8 Å². The molecule has 0 fully saturated rings. The zero-order chi connectivity index (χ0) is 24.1. The van der Waals surface area contributed by atoms with Crippen LogP contribution in [-0.4, -0.2) is 32.9 Å². The minimum absolute atomic E-state index is 0.0439. The normalized spacial score (nSPS) is 11.8. The number of carbonyl (C=O) groups excluding carboxylic acids is 2. The summed E-state index contributed by atoms with van der Waals surface area (Å²) in [5, 5.41) is 2.88. The first-order valence-electron chi connectivity index (χ1n) is 10.6. The van der Waals surface area contributed by atoms with Gasteiger partial charge < -0.3 is 10.1 Å². The molecule has 2 aromatic carbocycles. The van der Waals surface area contributed by atoms with Gasteiger partial charge >= 0.3 is 5.97 Å². The van der Waals surface area contributed by atoms with Crippen molar-refractivity contribution in [3.8, 4) is 0 Å². The lowest BCUT2D eigenvalue weighted by atomic mass is 9.92. The largest absolute Gasteiger partial charge is 0.452 e. The molecule has 0 heterocycles. The van der Waals surface area contributed by atoms with Crippen molar-refractivity contribution in [2.24, 2.45) is 0 Å². The van der Waals surface area contributed by atoms with E-state index < -0.39 is 28.5 Å². The summed E-state index contributed by atoms with van der Waals surface area (Å²) in [6.07, 6.45) is 0. The molecular formula is C24H32N2O5S. The fraction of sp³-hybridized carbons (Fsp3) is 0.417. The first kappa shape index (κ1) is 25.5. The van der Waals surface area contributed by atoms with Crippen molar-refractivity contribution in [3.63, 3.8) is 0 Å². The maximum Gasteiger partial charge on any atom is 0.338 e. The SMILES string of the molecule is CC(C)NS(=O)(=O)c1cccc(C(=O)OCC(=O)Nc2c(C(C)C)cccc2C(C)C)c1. The lowest BCUT2D eigenvalue weighted by molar-refractivity contribution is -0.119. The number of para-hydroxylation sites is 1. The Morgan fingerprint density at radius 3 is 2.00 bits per heavy atom. The van der Waals surface area contributed by atoms with Gasteiger partial charge in [0.2, 0.25) is 10.0 Å². The van der Waals surface area contributed by atoms with Gasteiger partial charge in [-0.15, -0.1) is 0 Å². The average Bonchev–Trinajstić information content (AvgIpc) is 2.71. The zero-order valence-corrected chi connectivity index (χ0v) is 20.2. The molecule has 32 heavy (non-hydrogen) atoms. The molecule has 2 aromatic rings. The van der Waals surface area contributed by atoms with E-state index in [1.807, 2.05) is 45.9 Å². The molecular weight excluding hydrogens is 428 g/mol. The van der Waals surface area contributed by atoms with Crippen LogP contribution in [0.5, 0.6) is 0 Å². The maximum absolute atomic E-state index is 12.6. The highest BCUT2D eigenvalue weighted by atomic mass is 32.2. The Bertz CT molecular complexity index is 1050. The number of hydrogen-bond donors (Lipinski definition) is 2. The third-order valence-electron chi connectivity index (χ3n) is 4.74. The molecule has 0 aliphatic carbocycles. The van der Waals surface area contributed by atoms with Crippen LogP contribution in [0.1, 0.15) is 74.9 Å². The van der Waals surface area contributed by atoms with Gasteiger partial charge in [0.1, 0.15) is 0 Å². The number of amides is 1. The Balaban J connectivity index is 2.12. The number of nitrogens with one attached hydrogen (secondary N) is 2. The zero-order valence-electron chi connectivity index (χ0n) is 19.4. The number of anilines is 1. The van der Waals surface area contributed by atoms with Gasteiger partial charge in [-0.3, -0.25) is 4.79 Å². The van der Waals surface area contributed by atoms with Crippen LogP contribution >= 0.6 is 0 Å².